The fraction of sp³-hybridized carbons (Fsp3) is 0.0625. The first-order valence-electron chi connectivity index (χ1n) is 6.38. The van der Waals surface area contributed by atoms with Crippen molar-refractivity contribution >= 4 is 34.5 Å². The number of benzene rings is 2. The number of hydrogen-bond acceptors (Lipinski definition) is 3. The molecule has 0 amide bonds. The van der Waals surface area contributed by atoms with Crippen molar-refractivity contribution in [2.75, 3.05) is 0 Å². The third-order valence-electron chi connectivity index (χ3n) is 3.19. The predicted molar refractivity (Wildman–Crippen MR) is 90.9 cm³/mol. The highest BCUT2D eigenvalue weighted by molar-refractivity contribution is 7.13. The molecule has 2 N–H and O–H groups in total. The van der Waals surface area contributed by atoms with Gasteiger partial charge in [0, 0.05) is 23.1 Å². The van der Waals surface area contributed by atoms with E-state index in [1.54, 1.807) is 17.4 Å². The molecule has 0 atom stereocenters. The summed E-state index contributed by atoms with van der Waals surface area (Å²) in [6.07, 6.45) is 0. The highest BCUT2D eigenvalue weighted by Crippen LogP contribution is 2.33. The van der Waals surface area contributed by atoms with Gasteiger partial charge in [0.15, 0.2) is 0 Å². The molecule has 0 spiro atoms. The SMILES string of the molecule is NCc1ccccc1-c1nc(-c2ccc(Cl)c(Cl)c2)cs1. The van der Waals surface area contributed by atoms with E-state index in [4.69, 9.17) is 33.9 Å². The minimum absolute atomic E-state index is 0.498. The maximum Gasteiger partial charge on any atom is 0.124 e. The maximum atomic E-state index is 6.06. The van der Waals surface area contributed by atoms with Crippen molar-refractivity contribution in [1.29, 1.82) is 0 Å². The number of halogens is 2. The number of nitrogens with zero attached hydrogens (tertiary/aromatic N) is 1. The van der Waals surface area contributed by atoms with Crippen LogP contribution in [0.4, 0.5) is 0 Å². The lowest BCUT2D eigenvalue weighted by atomic mass is 10.1. The van der Waals surface area contributed by atoms with E-state index in [9.17, 15) is 0 Å². The Morgan fingerprint density at radius 3 is 2.62 bits per heavy atom. The van der Waals surface area contributed by atoms with Gasteiger partial charge >= 0.3 is 0 Å². The highest BCUT2D eigenvalue weighted by Gasteiger charge is 2.10. The summed E-state index contributed by atoms with van der Waals surface area (Å²) in [4.78, 5) is 4.69. The van der Waals surface area contributed by atoms with E-state index in [1.165, 1.54) is 0 Å². The van der Waals surface area contributed by atoms with Gasteiger partial charge in [-0.05, 0) is 17.7 Å². The van der Waals surface area contributed by atoms with Crippen molar-refractivity contribution in [3.05, 3.63) is 63.5 Å². The van der Waals surface area contributed by atoms with Crippen LogP contribution in [0.3, 0.4) is 0 Å². The molecular formula is C16H12Cl2N2S. The van der Waals surface area contributed by atoms with E-state index in [0.29, 0.717) is 16.6 Å². The monoisotopic (exact) mass is 334 g/mol. The van der Waals surface area contributed by atoms with Crippen LogP contribution in [-0.4, -0.2) is 4.98 Å². The Balaban J connectivity index is 2.01. The van der Waals surface area contributed by atoms with Gasteiger partial charge in [-0.1, -0.05) is 53.5 Å². The molecule has 0 fully saturated rings. The fourth-order valence-corrected chi connectivity index (χ4v) is 3.28. The summed E-state index contributed by atoms with van der Waals surface area (Å²) in [5.41, 5.74) is 9.80. The molecule has 5 heteroatoms. The van der Waals surface area contributed by atoms with Crippen LogP contribution in [-0.2, 0) is 6.54 Å². The predicted octanol–water partition coefficient (Wildman–Crippen LogP) is 5.24. The summed E-state index contributed by atoms with van der Waals surface area (Å²) in [6, 6.07) is 13.6. The van der Waals surface area contributed by atoms with Crippen LogP contribution >= 0.6 is 34.5 Å². The second kappa shape index (κ2) is 6.16. The zero-order chi connectivity index (χ0) is 14.8. The molecule has 1 heterocycles. The lowest BCUT2D eigenvalue weighted by Crippen LogP contribution is -1.98. The zero-order valence-corrected chi connectivity index (χ0v) is 13.3. The Kier molecular flexibility index (Phi) is 4.27. The molecule has 0 radical (unpaired) electrons. The molecule has 0 aliphatic heterocycles. The Morgan fingerprint density at radius 1 is 1.05 bits per heavy atom. The highest BCUT2D eigenvalue weighted by atomic mass is 35.5. The van der Waals surface area contributed by atoms with Crippen LogP contribution < -0.4 is 5.73 Å². The summed E-state index contributed by atoms with van der Waals surface area (Å²) in [6.45, 7) is 0.498. The first-order chi connectivity index (χ1) is 10.2. The van der Waals surface area contributed by atoms with Gasteiger partial charge in [0.05, 0.1) is 15.7 Å². The molecule has 3 rings (SSSR count). The topological polar surface area (TPSA) is 38.9 Å². The average Bonchev–Trinajstić information content (AvgIpc) is 2.99. The summed E-state index contributed by atoms with van der Waals surface area (Å²) in [5.74, 6) is 0. The number of hydrogen-bond donors (Lipinski definition) is 1. The summed E-state index contributed by atoms with van der Waals surface area (Å²) in [7, 11) is 0. The molecule has 0 aliphatic rings. The largest absolute Gasteiger partial charge is 0.326 e. The van der Waals surface area contributed by atoms with Gasteiger partial charge in [-0.25, -0.2) is 4.98 Å². The molecule has 0 bridgehead atoms. The molecule has 2 nitrogen and oxygen atoms in total. The number of nitrogens with two attached hydrogens (primary N) is 1. The van der Waals surface area contributed by atoms with Crippen molar-refractivity contribution in [2.45, 2.75) is 6.54 Å². The standard InChI is InChI=1S/C16H12Cl2N2S/c17-13-6-5-10(7-14(13)18)15-9-21-16(20-15)12-4-2-1-3-11(12)8-19/h1-7,9H,8,19H2. The fourth-order valence-electron chi connectivity index (χ4n) is 2.09. The van der Waals surface area contributed by atoms with Crippen molar-refractivity contribution in [3.8, 4) is 21.8 Å². The normalized spacial score (nSPS) is 10.8. The molecule has 1 aromatic heterocycles. The van der Waals surface area contributed by atoms with Crippen LogP contribution in [0, 0.1) is 0 Å². The Hall–Kier alpha value is -1.39. The van der Waals surface area contributed by atoms with Crippen LogP contribution in [0.2, 0.25) is 10.0 Å². The van der Waals surface area contributed by atoms with Gasteiger partial charge in [0.1, 0.15) is 5.01 Å². The molecule has 3 aromatic rings. The molecule has 106 valence electrons. The number of aromatic nitrogens is 1. The molecule has 21 heavy (non-hydrogen) atoms. The maximum absolute atomic E-state index is 6.06. The van der Waals surface area contributed by atoms with E-state index in [0.717, 1.165) is 27.4 Å². The zero-order valence-electron chi connectivity index (χ0n) is 11.0. The second-order valence-corrected chi connectivity index (χ2v) is 6.20. The smallest absolute Gasteiger partial charge is 0.124 e. The Labute approximate surface area is 137 Å². The van der Waals surface area contributed by atoms with E-state index in [-0.39, 0.29) is 0 Å². The Bertz CT molecular complexity index is 783. The van der Waals surface area contributed by atoms with Gasteiger partial charge in [-0.3, -0.25) is 0 Å². The van der Waals surface area contributed by atoms with E-state index in [2.05, 4.69) is 0 Å². The minimum Gasteiger partial charge on any atom is -0.326 e. The third-order valence-corrected chi connectivity index (χ3v) is 4.80. The lowest BCUT2D eigenvalue weighted by Gasteiger charge is -2.03. The van der Waals surface area contributed by atoms with Gasteiger partial charge in [0.25, 0.3) is 0 Å². The van der Waals surface area contributed by atoms with Crippen molar-refractivity contribution in [1.82, 2.24) is 4.98 Å². The van der Waals surface area contributed by atoms with Gasteiger partial charge < -0.3 is 5.73 Å². The molecule has 0 saturated heterocycles. The van der Waals surface area contributed by atoms with Crippen LogP contribution in [0.15, 0.2) is 47.8 Å². The molecule has 2 aromatic carbocycles. The lowest BCUT2D eigenvalue weighted by molar-refractivity contribution is 1.07. The summed E-state index contributed by atoms with van der Waals surface area (Å²) in [5, 5.41) is 4.05. The Morgan fingerprint density at radius 2 is 1.86 bits per heavy atom. The van der Waals surface area contributed by atoms with Crippen molar-refractivity contribution in [3.63, 3.8) is 0 Å². The average molecular weight is 335 g/mol. The molecule has 0 unspecified atom stereocenters. The summed E-state index contributed by atoms with van der Waals surface area (Å²) < 4.78 is 0. The summed E-state index contributed by atoms with van der Waals surface area (Å²) >= 11 is 13.6. The second-order valence-electron chi connectivity index (χ2n) is 4.53. The number of thiazole rings is 1. The van der Waals surface area contributed by atoms with Crippen molar-refractivity contribution < 1.29 is 0 Å². The molecule has 0 saturated carbocycles. The first kappa shape index (κ1) is 14.5. The van der Waals surface area contributed by atoms with Gasteiger partial charge in [0.2, 0.25) is 0 Å². The van der Waals surface area contributed by atoms with Crippen LogP contribution in [0.5, 0.6) is 0 Å². The van der Waals surface area contributed by atoms with Crippen molar-refractivity contribution in [2.24, 2.45) is 5.73 Å². The molecular weight excluding hydrogens is 323 g/mol. The van der Waals surface area contributed by atoms with E-state index >= 15 is 0 Å². The first-order valence-corrected chi connectivity index (χ1v) is 8.02. The van der Waals surface area contributed by atoms with E-state index < -0.39 is 0 Å². The number of rotatable bonds is 3. The third kappa shape index (κ3) is 2.97. The minimum atomic E-state index is 0.498. The van der Waals surface area contributed by atoms with Gasteiger partial charge in [-0.15, -0.1) is 11.3 Å². The van der Waals surface area contributed by atoms with Gasteiger partial charge in [-0.2, -0.15) is 0 Å². The molecule has 0 aliphatic carbocycles. The van der Waals surface area contributed by atoms with Crippen LogP contribution in [0.25, 0.3) is 21.8 Å². The quantitative estimate of drug-likeness (QED) is 0.711. The van der Waals surface area contributed by atoms with E-state index in [1.807, 2.05) is 41.8 Å². The van der Waals surface area contributed by atoms with Crippen LogP contribution in [0.1, 0.15) is 5.56 Å².